The number of imidazole rings is 1. The van der Waals surface area contributed by atoms with Crippen molar-refractivity contribution < 1.29 is 33.0 Å². The standard InChI is InChI=1S/C27H27F3N6O2.CH2O2/c1-15-10-33-26-35-24(14-36(26)13-15)19-6-4-16(2)23(9-19)34-25(38)20-7-5-18(8-21(20)27(28,29)30)11-32-12-22(31)17(3)37;2-1-3/h4-10,12-14,17,32,37H,11,31H2,1-3H3,(H,34,38);1H,(H,2,3)/b22-12-;. The van der Waals surface area contributed by atoms with Gasteiger partial charge in [0.1, 0.15) is 0 Å². The lowest BCUT2D eigenvalue weighted by Crippen LogP contribution is -2.20. The minimum absolute atomic E-state index is 0.0208. The van der Waals surface area contributed by atoms with E-state index in [9.17, 15) is 23.1 Å². The molecule has 0 radical (unpaired) electrons. The van der Waals surface area contributed by atoms with Gasteiger partial charge in [-0.2, -0.15) is 13.2 Å². The molecule has 1 atom stereocenters. The van der Waals surface area contributed by atoms with E-state index in [0.29, 0.717) is 28.3 Å². The summed E-state index contributed by atoms with van der Waals surface area (Å²) in [5.74, 6) is -0.382. The van der Waals surface area contributed by atoms with Crippen molar-refractivity contribution in [2.45, 2.75) is 39.6 Å². The highest BCUT2D eigenvalue weighted by atomic mass is 19.4. The average molecular weight is 571 g/mol. The number of aliphatic hydroxyl groups excluding tert-OH is 1. The summed E-state index contributed by atoms with van der Waals surface area (Å²) in [6.07, 6.45) is 1.06. The number of hydrogen-bond donors (Lipinski definition) is 5. The van der Waals surface area contributed by atoms with Crippen LogP contribution in [-0.2, 0) is 17.5 Å². The van der Waals surface area contributed by atoms with Gasteiger partial charge < -0.3 is 26.6 Å². The Morgan fingerprint density at radius 3 is 2.54 bits per heavy atom. The first-order valence-corrected chi connectivity index (χ1v) is 12.2. The van der Waals surface area contributed by atoms with E-state index in [0.717, 1.165) is 17.7 Å². The average Bonchev–Trinajstić information content (AvgIpc) is 3.33. The van der Waals surface area contributed by atoms with Crippen molar-refractivity contribution in [2.24, 2.45) is 5.73 Å². The molecule has 13 heteroatoms. The lowest BCUT2D eigenvalue weighted by Gasteiger charge is -2.16. The quantitative estimate of drug-likeness (QED) is 0.207. The third kappa shape index (κ3) is 7.82. The van der Waals surface area contributed by atoms with E-state index in [1.807, 2.05) is 19.2 Å². The Labute approximate surface area is 233 Å². The maximum absolute atomic E-state index is 13.9. The molecule has 1 unspecified atom stereocenters. The van der Waals surface area contributed by atoms with E-state index < -0.39 is 29.3 Å². The molecule has 1 amide bonds. The molecule has 0 spiro atoms. The number of alkyl halides is 3. The number of fused-ring (bicyclic) bond motifs is 1. The molecule has 6 N–H and O–H groups in total. The lowest BCUT2D eigenvalue weighted by molar-refractivity contribution is -0.138. The van der Waals surface area contributed by atoms with Crippen molar-refractivity contribution in [1.29, 1.82) is 0 Å². The van der Waals surface area contributed by atoms with Gasteiger partial charge in [-0.1, -0.05) is 18.2 Å². The molecule has 0 aliphatic carbocycles. The molecule has 0 fully saturated rings. The summed E-state index contributed by atoms with van der Waals surface area (Å²) in [7, 11) is 0. The number of rotatable bonds is 7. The third-order valence-corrected chi connectivity index (χ3v) is 5.91. The number of aromatic nitrogens is 3. The highest BCUT2D eigenvalue weighted by molar-refractivity contribution is 6.06. The third-order valence-electron chi connectivity index (χ3n) is 5.91. The summed E-state index contributed by atoms with van der Waals surface area (Å²) >= 11 is 0. The first-order chi connectivity index (χ1) is 19.3. The van der Waals surface area contributed by atoms with Gasteiger partial charge in [-0.3, -0.25) is 14.0 Å². The zero-order chi connectivity index (χ0) is 30.3. The predicted molar refractivity (Wildman–Crippen MR) is 147 cm³/mol. The molecule has 4 rings (SSSR count). The fourth-order valence-electron chi connectivity index (χ4n) is 3.77. The van der Waals surface area contributed by atoms with Crippen molar-refractivity contribution in [3.8, 4) is 11.3 Å². The van der Waals surface area contributed by atoms with Crippen molar-refractivity contribution >= 4 is 23.8 Å². The van der Waals surface area contributed by atoms with E-state index in [2.05, 4.69) is 20.6 Å². The minimum Gasteiger partial charge on any atom is -0.483 e. The van der Waals surface area contributed by atoms with E-state index in [1.165, 1.54) is 19.2 Å². The monoisotopic (exact) mass is 570 g/mol. The summed E-state index contributed by atoms with van der Waals surface area (Å²) in [4.78, 5) is 30.2. The maximum atomic E-state index is 13.9. The highest BCUT2D eigenvalue weighted by Crippen LogP contribution is 2.34. The molecule has 216 valence electrons. The Morgan fingerprint density at radius 1 is 1.17 bits per heavy atom. The summed E-state index contributed by atoms with van der Waals surface area (Å²) in [6, 6.07) is 8.75. The Morgan fingerprint density at radius 2 is 1.88 bits per heavy atom. The van der Waals surface area contributed by atoms with Crippen molar-refractivity contribution in [3.05, 3.63) is 94.7 Å². The lowest BCUT2D eigenvalue weighted by atomic mass is 10.0. The van der Waals surface area contributed by atoms with Crippen molar-refractivity contribution in [2.75, 3.05) is 5.32 Å². The molecule has 41 heavy (non-hydrogen) atoms. The number of carbonyl (C=O) groups is 2. The molecule has 2 heterocycles. The normalized spacial score (nSPS) is 12.3. The fourth-order valence-corrected chi connectivity index (χ4v) is 3.77. The SMILES string of the molecule is Cc1cnc2nc(-c3ccc(C)c(NC(=O)c4ccc(CN/C=C(\N)C(C)O)cc4C(F)(F)F)c3)cn2c1.O=CO. The minimum atomic E-state index is -4.75. The van der Waals surface area contributed by atoms with Gasteiger partial charge in [-0.05, 0) is 55.7 Å². The smallest absolute Gasteiger partial charge is 0.417 e. The second kappa shape index (κ2) is 13.0. The van der Waals surface area contributed by atoms with Gasteiger partial charge >= 0.3 is 6.18 Å². The molecule has 2 aromatic heterocycles. The largest absolute Gasteiger partial charge is 0.483 e. The van der Waals surface area contributed by atoms with Crippen LogP contribution in [0, 0.1) is 13.8 Å². The summed E-state index contributed by atoms with van der Waals surface area (Å²) in [6.45, 7) is 4.90. The van der Waals surface area contributed by atoms with Crippen LogP contribution in [-0.4, -0.2) is 43.1 Å². The molecule has 4 aromatic rings. The number of aryl methyl sites for hydroxylation is 2. The zero-order valence-corrected chi connectivity index (χ0v) is 22.4. The number of carbonyl (C=O) groups excluding carboxylic acids is 1. The van der Waals surface area contributed by atoms with E-state index in [-0.39, 0.29) is 24.3 Å². The molecule has 2 aromatic carbocycles. The highest BCUT2D eigenvalue weighted by Gasteiger charge is 2.35. The number of benzene rings is 2. The molecule has 0 saturated heterocycles. The van der Waals surface area contributed by atoms with Gasteiger partial charge in [0.2, 0.25) is 5.78 Å². The number of hydrogen-bond acceptors (Lipinski definition) is 7. The molecule has 10 nitrogen and oxygen atoms in total. The van der Waals surface area contributed by atoms with Gasteiger partial charge in [0.25, 0.3) is 12.4 Å². The number of nitrogens with zero attached hydrogens (tertiary/aromatic N) is 3. The van der Waals surface area contributed by atoms with Gasteiger partial charge in [0.05, 0.1) is 28.6 Å². The second-order valence-corrected chi connectivity index (χ2v) is 9.13. The summed E-state index contributed by atoms with van der Waals surface area (Å²) in [5.41, 5.74) is 7.77. The Bertz CT molecular complexity index is 1580. The Kier molecular flexibility index (Phi) is 9.68. The molecular weight excluding hydrogens is 541 g/mol. The van der Waals surface area contributed by atoms with Gasteiger partial charge in [0, 0.05) is 42.6 Å². The Hall–Kier alpha value is -4.91. The van der Waals surface area contributed by atoms with Gasteiger partial charge in [-0.25, -0.2) is 9.97 Å². The van der Waals surface area contributed by atoms with Crippen LogP contribution in [0.2, 0.25) is 0 Å². The van der Waals surface area contributed by atoms with E-state index in [1.54, 1.807) is 35.9 Å². The topological polar surface area (TPSA) is 155 Å². The number of nitrogens with two attached hydrogens (primary N) is 1. The second-order valence-electron chi connectivity index (χ2n) is 9.13. The van der Waals surface area contributed by atoms with Crippen molar-refractivity contribution in [3.63, 3.8) is 0 Å². The molecule has 0 aliphatic heterocycles. The van der Waals surface area contributed by atoms with Crippen molar-refractivity contribution in [1.82, 2.24) is 19.7 Å². The number of halogens is 3. The summed E-state index contributed by atoms with van der Waals surface area (Å²) < 4.78 is 43.5. The number of carboxylic acid groups (broad SMARTS) is 1. The molecule has 0 aliphatic rings. The maximum Gasteiger partial charge on any atom is 0.417 e. The van der Waals surface area contributed by atoms with Crippen LogP contribution in [0.1, 0.15) is 39.5 Å². The van der Waals surface area contributed by atoms with Crippen LogP contribution in [0.4, 0.5) is 18.9 Å². The van der Waals surface area contributed by atoms with Crippen LogP contribution in [0.3, 0.4) is 0 Å². The number of anilines is 1. The van der Waals surface area contributed by atoms with Crippen LogP contribution in [0.25, 0.3) is 17.0 Å². The van der Waals surface area contributed by atoms with Gasteiger partial charge in [-0.15, -0.1) is 0 Å². The first-order valence-electron chi connectivity index (χ1n) is 12.2. The Balaban J connectivity index is 0.00000147. The van der Waals surface area contributed by atoms with Crippen LogP contribution >= 0.6 is 0 Å². The fraction of sp³-hybridized carbons (Fsp3) is 0.214. The first kappa shape index (κ1) is 30.6. The van der Waals surface area contributed by atoms with Gasteiger partial charge in [0.15, 0.2) is 0 Å². The van der Waals surface area contributed by atoms with E-state index >= 15 is 0 Å². The zero-order valence-electron chi connectivity index (χ0n) is 22.4. The molecule has 0 bridgehead atoms. The number of nitrogens with one attached hydrogen (secondary N) is 2. The van der Waals surface area contributed by atoms with E-state index in [4.69, 9.17) is 15.6 Å². The van der Waals surface area contributed by atoms with Crippen LogP contribution in [0.15, 0.2) is 66.9 Å². The van der Waals surface area contributed by atoms with Crippen LogP contribution < -0.4 is 16.4 Å². The number of aliphatic hydroxyl groups is 1. The molecule has 0 saturated carbocycles. The summed E-state index contributed by atoms with van der Waals surface area (Å²) in [5, 5.41) is 21.7. The predicted octanol–water partition coefficient (Wildman–Crippen LogP) is 4.26. The number of amides is 1. The van der Waals surface area contributed by atoms with Crippen LogP contribution in [0.5, 0.6) is 0 Å². The molecular formula is C28H29F3N6O4.